The van der Waals surface area contributed by atoms with E-state index in [2.05, 4.69) is 0 Å². The van der Waals surface area contributed by atoms with E-state index < -0.39 is 11.7 Å². The molecule has 2 heterocycles. The molecule has 0 spiro atoms. The summed E-state index contributed by atoms with van der Waals surface area (Å²) in [6, 6.07) is 15.3. The Labute approximate surface area is 201 Å². The normalized spacial score (nSPS) is 15.3. The maximum Gasteiger partial charge on any atom is 0.254 e. The molecular weight excluding hydrogens is 458 g/mol. The van der Waals surface area contributed by atoms with Crippen molar-refractivity contribution in [3.63, 3.8) is 0 Å². The van der Waals surface area contributed by atoms with Gasteiger partial charge in [-0.1, -0.05) is 24.3 Å². The molecule has 178 valence electrons. The lowest BCUT2D eigenvalue weighted by atomic mass is 10.1. The average Bonchev–Trinajstić information content (AvgIpc) is 3.53. The molecule has 4 rings (SSSR count). The fourth-order valence-corrected chi connectivity index (χ4v) is 4.67. The molecule has 1 atom stereocenters. The Morgan fingerprint density at radius 3 is 2.47 bits per heavy atom. The van der Waals surface area contributed by atoms with Gasteiger partial charge in [0.2, 0.25) is 5.91 Å². The van der Waals surface area contributed by atoms with Gasteiger partial charge < -0.3 is 14.5 Å². The van der Waals surface area contributed by atoms with Crippen molar-refractivity contribution in [3.8, 4) is 0 Å². The number of thiophene rings is 1. The molecule has 1 aliphatic rings. The molecular formula is C26H26F2N2O3S. The zero-order valence-corrected chi connectivity index (χ0v) is 19.5. The molecule has 3 aromatic rings. The van der Waals surface area contributed by atoms with Gasteiger partial charge in [0.15, 0.2) is 0 Å². The average molecular weight is 485 g/mol. The van der Waals surface area contributed by atoms with Crippen LogP contribution >= 0.6 is 11.3 Å². The van der Waals surface area contributed by atoms with Gasteiger partial charge in [-0.3, -0.25) is 9.59 Å². The van der Waals surface area contributed by atoms with Gasteiger partial charge in [-0.25, -0.2) is 8.78 Å². The maximum absolute atomic E-state index is 13.8. The van der Waals surface area contributed by atoms with Gasteiger partial charge in [-0.15, -0.1) is 11.3 Å². The Morgan fingerprint density at radius 2 is 1.79 bits per heavy atom. The first-order chi connectivity index (χ1) is 16.5. The lowest BCUT2D eigenvalue weighted by molar-refractivity contribution is -0.133. The summed E-state index contributed by atoms with van der Waals surface area (Å²) < 4.78 is 32.8. The van der Waals surface area contributed by atoms with Crippen LogP contribution in [0.5, 0.6) is 0 Å². The molecule has 0 N–H and O–H groups in total. The minimum atomic E-state index is -0.509. The van der Waals surface area contributed by atoms with Crippen LogP contribution in [0, 0.1) is 11.6 Å². The predicted octanol–water partition coefficient (Wildman–Crippen LogP) is 4.88. The Morgan fingerprint density at radius 1 is 0.971 bits per heavy atom. The molecule has 0 radical (unpaired) electrons. The highest BCUT2D eigenvalue weighted by Gasteiger charge is 2.27. The molecule has 2 amide bonds. The second-order valence-electron chi connectivity index (χ2n) is 8.29. The topological polar surface area (TPSA) is 49.9 Å². The second kappa shape index (κ2) is 11.4. The molecule has 34 heavy (non-hydrogen) atoms. The molecule has 1 aliphatic heterocycles. The monoisotopic (exact) mass is 484 g/mol. The van der Waals surface area contributed by atoms with E-state index in [1.807, 2.05) is 17.5 Å². The van der Waals surface area contributed by atoms with E-state index in [9.17, 15) is 18.4 Å². The first-order valence-electron chi connectivity index (χ1n) is 11.2. The fourth-order valence-electron chi connectivity index (χ4n) is 3.95. The number of hydrogen-bond acceptors (Lipinski definition) is 4. The predicted molar refractivity (Wildman–Crippen MR) is 126 cm³/mol. The Kier molecular flexibility index (Phi) is 8.03. The van der Waals surface area contributed by atoms with E-state index in [-0.39, 0.29) is 43.0 Å². The quantitative estimate of drug-likeness (QED) is 0.435. The van der Waals surface area contributed by atoms with Crippen molar-refractivity contribution in [1.82, 2.24) is 9.80 Å². The highest BCUT2D eigenvalue weighted by Crippen LogP contribution is 2.19. The number of carbonyl (C=O) groups is 2. The van der Waals surface area contributed by atoms with Crippen molar-refractivity contribution >= 4 is 23.2 Å². The summed E-state index contributed by atoms with van der Waals surface area (Å²) >= 11 is 1.54. The number of halogens is 2. The third kappa shape index (κ3) is 6.48. The van der Waals surface area contributed by atoms with Crippen molar-refractivity contribution in [3.05, 3.63) is 93.7 Å². The number of nitrogens with zero attached hydrogens (tertiary/aromatic N) is 2. The summed E-state index contributed by atoms with van der Waals surface area (Å²) in [4.78, 5) is 30.8. The van der Waals surface area contributed by atoms with E-state index >= 15 is 0 Å². The molecule has 5 nitrogen and oxygen atoms in total. The van der Waals surface area contributed by atoms with E-state index in [1.54, 1.807) is 23.1 Å². The minimum absolute atomic E-state index is 0.159. The first kappa shape index (κ1) is 24.0. The molecule has 1 fully saturated rings. The van der Waals surface area contributed by atoms with Crippen molar-refractivity contribution in [2.75, 3.05) is 19.7 Å². The molecule has 2 aromatic carbocycles. The summed E-state index contributed by atoms with van der Waals surface area (Å²) in [5.74, 6) is -1.52. The summed E-state index contributed by atoms with van der Waals surface area (Å²) in [7, 11) is 0. The Bertz CT molecular complexity index is 1100. The molecule has 1 saturated heterocycles. The number of carbonyl (C=O) groups excluding carboxylic acids is 2. The lowest BCUT2D eigenvalue weighted by Crippen LogP contribution is -2.45. The van der Waals surface area contributed by atoms with E-state index in [0.717, 1.165) is 23.3 Å². The van der Waals surface area contributed by atoms with Crippen LogP contribution in [0.4, 0.5) is 8.78 Å². The van der Waals surface area contributed by atoms with Crippen LogP contribution in [0.25, 0.3) is 0 Å². The minimum Gasteiger partial charge on any atom is -0.376 e. The highest BCUT2D eigenvalue weighted by atomic mass is 32.1. The lowest BCUT2D eigenvalue weighted by Gasteiger charge is -2.29. The van der Waals surface area contributed by atoms with E-state index in [0.29, 0.717) is 13.2 Å². The SMILES string of the molecule is O=C(CN(CC1CCCO1)C(=O)c1cccc(F)c1)N(Cc1ccc(F)cc1)Cc1cccs1. The summed E-state index contributed by atoms with van der Waals surface area (Å²) in [6.45, 7) is 1.36. The van der Waals surface area contributed by atoms with Crippen molar-refractivity contribution in [1.29, 1.82) is 0 Å². The van der Waals surface area contributed by atoms with Crippen LogP contribution in [0.1, 0.15) is 33.6 Å². The number of rotatable bonds is 9. The summed E-state index contributed by atoms with van der Waals surface area (Å²) in [5.41, 5.74) is 0.975. The van der Waals surface area contributed by atoms with Crippen molar-refractivity contribution in [2.24, 2.45) is 0 Å². The summed E-state index contributed by atoms with van der Waals surface area (Å²) in [6.07, 6.45) is 1.54. The van der Waals surface area contributed by atoms with Crippen LogP contribution in [0.15, 0.2) is 66.0 Å². The van der Waals surface area contributed by atoms with Crippen LogP contribution in [0.3, 0.4) is 0 Å². The molecule has 1 unspecified atom stereocenters. The van der Waals surface area contributed by atoms with Gasteiger partial charge in [0, 0.05) is 30.1 Å². The van der Waals surface area contributed by atoms with Crippen LogP contribution in [0.2, 0.25) is 0 Å². The molecule has 1 aromatic heterocycles. The molecule has 0 saturated carbocycles. The van der Waals surface area contributed by atoms with Crippen molar-refractivity contribution in [2.45, 2.75) is 32.0 Å². The van der Waals surface area contributed by atoms with Gasteiger partial charge in [0.05, 0.1) is 12.6 Å². The smallest absolute Gasteiger partial charge is 0.254 e. The zero-order chi connectivity index (χ0) is 23.9. The third-order valence-electron chi connectivity index (χ3n) is 5.70. The fraction of sp³-hybridized carbons (Fsp3) is 0.308. The van der Waals surface area contributed by atoms with Crippen LogP contribution < -0.4 is 0 Å². The van der Waals surface area contributed by atoms with Crippen LogP contribution in [-0.2, 0) is 22.6 Å². The zero-order valence-electron chi connectivity index (χ0n) is 18.7. The Balaban J connectivity index is 1.54. The van der Waals surface area contributed by atoms with Crippen molar-refractivity contribution < 1.29 is 23.1 Å². The second-order valence-corrected chi connectivity index (χ2v) is 9.32. The largest absolute Gasteiger partial charge is 0.376 e. The number of hydrogen-bond donors (Lipinski definition) is 0. The van der Waals surface area contributed by atoms with Gasteiger partial charge >= 0.3 is 0 Å². The number of benzene rings is 2. The van der Waals surface area contributed by atoms with Gasteiger partial charge in [0.1, 0.15) is 18.2 Å². The molecule has 0 bridgehead atoms. The van der Waals surface area contributed by atoms with E-state index in [1.165, 1.54) is 46.6 Å². The molecule has 0 aliphatic carbocycles. The standard InChI is InChI=1S/C26H26F2N2O3S/c27-21-10-8-19(9-11-21)15-29(17-24-7-3-13-34-24)25(31)18-30(16-23-6-2-12-33-23)26(32)20-4-1-5-22(28)14-20/h1,3-5,7-11,13-14,23H,2,6,12,15-18H2. The van der Waals surface area contributed by atoms with E-state index in [4.69, 9.17) is 4.74 Å². The number of amides is 2. The maximum atomic E-state index is 13.8. The van der Waals surface area contributed by atoms with Gasteiger partial charge in [-0.2, -0.15) is 0 Å². The third-order valence-corrected chi connectivity index (χ3v) is 6.56. The first-order valence-corrected chi connectivity index (χ1v) is 12.1. The number of ether oxygens (including phenoxy) is 1. The van der Waals surface area contributed by atoms with Gasteiger partial charge in [-0.05, 0) is 60.2 Å². The molecule has 8 heteroatoms. The van der Waals surface area contributed by atoms with Crippen LogP contribution in [-0.4, -0.2) is 47.4 Å². The Hall–Kier alpha value is -3.10. The highest BCUT2D eigenvalue weighted by molar-refractivity contribution is 7.09. The van der Waals surface area contributed by atoms with Gasteiger partial charge in [0.25, 0.3) is 5.91 Å². The summed E-state index contributed by atoms with van der Waals surface area (Å²) in [5, 5.41) is 1.94.